The van der Waals surface area contributed by atoms with Crippen LogP contribution in [0.1, 0.15) is 82.1 Å². The van der Waals surface area contributed by atoms with Crippen LogP contribution in [0.4, 0.5) is 0 Å². The van der Waals surface area contributed by atoms with Gasteiger partial charge >= 0.3 is 0 Å². The van der Waals surface area contributed by atoms with Crippen LogP contribution in [0.2, 0.25) is 0 Å². The van der Waals surface area contributed by atoms with Gasteiger partial charge in [0.05, 0.1) is 17.6 Å². The molecule has 0 aliphatic carbocycles. The number of nitrogens with zero attached hydrogens (tertiary/aromatic N) is 1. The Hall–Kier alpha value is -2.79. The second-order valence-corrected chi connectivity index (χ2v) is 14.5. The lowest BCUT2D eigenvalue weighted by Gasteiger charge is -2.33. The molecule has 4 rings (SSSR count). The quantitative estimate of drug-likeness (QED) is 0.137. The summed E-state index contributed by atoms with van der Waals surface area (Å²) in [6.45, 7) is 9.51. The molecule has 0 fully saturated rings. The fourth-order valence-electron chi connectivity index (χ4n) is 5.48. The lowest BCUT2D eigenvalue weighted by molar-refractivity contribution is -0.180. The number of benzene rings is 3. The molecule has 0 saturated heterocycles. The molecule has 0 bridgehead atoms. The summed E-state index contributed by atoms with van der Waals surface area (Å²) in [7, 11) is -1.92. The third-order valence-electron chi connectivity index (χ3n) is 8.42. The van der Waals surface area contributed by atoms with E-state index in [1.807, 2.05) is 63.2 Å². The second kappa shape index (κ2) is 17.4. The predicted molar refractivity (Wildman–Crippen MR) is 183 cm³/mol. The Balaban J connectivity index is 1.02. The maximum absolute atomic E-state index is 13.0. The van der Waals surface area contributed by atoms with Crippen molar-refractivity contribution in [1.82, 2.24) is 9.62 Å². The summed E-state index contributed by atoms with van der Waals surface area (Å²) in [5, 5.41) is 14.0. The SMILES string of the molecule is CCN(C)S(=O)(=O)c1ccccc1-c1ccc(CCCCOCCCCCCNC[C@H](O)c2ccc3c(c2)COC(C)(C)O3)cc1. The molecule has 0 unspecified atom stereocenters. The highest BCUT2D eigenvalue weighted by Crippen LogP contribution is 2.33. The van der Waals surface area contributed by atoms with Crippen LogP contribution >= 0.6 is 0 Å². The summed E-state index contributed by atoms with van der Waals surface area (Å²) >= 11 is 0. The van der Waals surface area contributed by atoms with Crippen LogP contribution < -0.4 is 10.1 Å². The zero-order chi connectivity index (χ0) is 33.0. The zero-order valence-corrected chi connectivity index (χ0v) is 28.8. The fourth-order valence-corrected chi connectivity index (χ4v) is 6.87. The van der Waals surface area contributed by atoms with Crippen molar-refractivity contribution in [3.8, 4) is 16.9 Å². The number of aliphatic hydroxyl groups is 1. The number of hydrogen-bond acceptors (Lipinski definition) is 7. The molecule has 0 saturated carbocycles. The van der Waals surface area contributed by atoms with Crippen LogP contribution in [0.25, 0.3) is 11.1 Å². The summed E-state index contributed by atoms with van der Waals surface area (Å²) in [5.74, 6) is 0.206. The van der Waals surface area contributed by atoms with Gasteiger partial charge in [0.2, 0.25) is 15.8 Å². The van der Waals surface area contributed by atoms with Crippen molar-refractivity contribution in [3.05, 3.63) is 83.4 Å². The van der Waals surface area contributed by atoms with Gasteiger partial charge in [-0.1, -0.05) is 68.3 Å². The van der Waals surface area contributed by atoms with Gasteiger partial charge in [0.15, 0.2) is 0 Å². The molecule has 0 radical (unpaired) electrons. The van der Waals surface area contributed by atoms with Crippen molar-refractivity contribution in [2.45, 2.75) is 89.1 Å². The van der Waals surface area contributed by atoms with Crippen LogP contribution in [0.5, 0.6) is 5.75 Å². The standard InChI is InChI=1S/C37H52N2O6S/c1-5-39(4)46(41,42)36-16-9-8-15-33(36)30-19-17-29(18-20-30)14-10-13-25-43-24-12-7-6-11-23-38-27-34(40)31-21-22-35-32(26-31)28-44-37(2,3)45-35/h8-9,15-22,26,34,38,40H,5-7,10-14,23-25,27-28H2,1-4H3/t34-/m0/s1. The first-order chi connectivity index (χ1) is 22.1. The molecule has 9 heteroatoms. The van der Waals surface area contributed by atoms with Gasteiger partial charge in [-0.05, 0) is 73.5 Å². The number of nitrogens with one attached hydrogen (secondary N) is 1. The van der Waals surface area contributed by atoms with E-state index in [1.165, 1.54) is 9.87 Å². The van der Waals surface area contributed by atoms with Crippen molar-refractivity contribution in [2.75, 3.05) is 39.9 Å². The average Bonchev–Trinajstić information content (AvgIpc) is 3.06. The van der Waals surface area contributed by atoms with Crippen molar-refractivity contribution in [1.29, 1.82) is 0 Å². The number of aryl methyl sites for hydroxylation is 1. The monoisotopic (exact) mass is 652 g/mol. The van der Waals surface area contributed by atoms with Crippen LogP contribution in [0.15, 0.2) is 71.6 Å². The second-order valence-electron chi connectivity index (χ2n) is 12.5. The van der Waals surface area contributed by atoms with Gasteiger partial charge in [0.1, 0.15) is 5.75 Å². The minimum atomic E-state index is -3.53. The highest BCUT2D eigenvalue weighted by molar-refractivity contribution is 7.89. The number of unbranched alkanes of at least 4 members (excludes halogenated alkanes) is 4. The smallest absolute Gasteiger partial charge is 0.243 e. The third kappa shape index (κ3) is 10.4. The molecule has 0 amide bonds. The Bertz CT molecular complexity index is 1480. The summed E-state index contributed by atoms with van der Waals surface area (Å²) in [5.41, 5.74) is 4.73. The molecule has 8 nitrogen and oxygen atoms in total. The number of aliphatic hydroxyl groups excluding tert-OH is 1. The average molecular weight is 653 g/mol. The maximum atomic E-state index is 13.0. The highest BCUT2D eigenvalue weighted by Gasteiger charge is 2.28. The Morgan fingerprint density at radius 3 is 2.43 bits per heavy atom. The summed E-state index contributed by atoms with van der Waals surface area (Å²) in [4.78, 5) is 0.342. The summed E-state index contributed by atoms with van der Waals surface area (Å²) in [6.07, 6.45) is 6.88. The first-order valence-electron chi connectivity index (χ1n) is 16.7. The van der Waals surface area contributed by atoms with E-state index in [4.69, 9.17) is 14.2 Å². The molecule has 252 valence electrons. The molecule has 0 aromatic heterocycles. The van der Waals surface area contributed by atoms with E-state index < -0.39 is 21.9 Å². The lowest BCUT2D eigenvalue weighted by Crippen LogP contribution is -2.35. The Kier molecular flexibility index (Phi) is 13.6. The van der Waals surface area contributed by atoms with Crippen LogP contribution in [0, 0.1) is 0 Å². The molecule has 3 aromatic carbocycles. The van der Waals surface area contributed by atoms with E-state index in [0.29, 0.717) is 24.6 Å². The van der Waals surface area contributed by atoms with E-state index in [1.54, 1.807) is 19.2 Å². The zero-order valence-electron chi connectivity index (χ0n) is 28.0. The van der Waals surface area contributed by atoms with Gasteiger partial charge in [-0.15, -0.1) is 0 Å². The minimum absolute atomic E-state index is 0.342. The summed E-state index contributed by atoms with van der Waals surface area (Å²) < 4.78 is 44.7. The van der Waals surface area contributed by atoms with Gasteiger partial charge in [-0.25, -0.2) is 12.7 Å². The number of fused-ring (bicyclic) bond motifs is 1. The Labute approximate surface area is 276 Å². The number of hydrogen-bond donors (Lipinski definition) is 2. The van der Waals surface area contributed by atoms with Crippen LogP contribution in [-0.4, -0.2) is 63.5 Å². The van der Waals surface area contributed by atoms with Crippen molar-refractivity contribution < 1.29 is 27.7 Å². The molecule has 1 aliphatic heterocycles. The summed E-state index contributed by atoms with van der Waals surface area (Å²) in [6, 6.07) is 21.3. The Morgan fingerprint density at radius 1 is 0.957 bits per heavy atom. The van der Waals surface area contributed by atoms with E-state index in [2.05, 4.69) is 17.4 Å². The molecule has 1 atom stereocenters. The topological polar surface area (TPSA) is 97.3 Å². The molecule has 2 N–H and O–H groups in total. The lowest BCUT2D eigenvalue weighted by atomic mass is 10.0. The van der Waals surface area contributed by atoms with E-state index >= 15 is 0 Å². The van der Waals surface area contributed by atoms with E-state index in [-0.39, 0.29) is 0 Å². The first kappa shape index (κ1) is 36.1. The molecule has 0 spiro atoms. The van der Waals surface area contributed by atoms with Crippen LogP contribution in [-0.2, 0) is 32.5 Å². The van der Waals surface area contributed by atoms with Gasteiger partial charge in [-0.2, -0.15) is 0 Å². The Morgan fingerprint density at radius 2 is 1.67 bits per heavy atom. The molecule has 3 aromatic rings. The molecule has 1 aliphatic rings. The third-order valence-corrected chi connectivity index (χ3v) is 10.4. The number of rotatable bonds is 19. The van der Waals surface area contributed by atoms with Crippen molar-refractivity contribution >= 4 is 10.0 Å². The van der Waals surface area contributed by atoms with Crippen molar-refractivity contribution in [3.63, 3.8) is 0 Å². The molecule has 46 heavy (non-hydrogen) atoms. The number of sulfonamides is 1. The van der Waals surface area contributed by atoms with Crippen LogP contribution in [0.3, 0.4) is 0 Å². The van der Waals surface area contributed by atoms with Gasteiger partial charge in [0.25, 0.3) is 0 Å². The highest BCUT2D eigenvalue weighted by atomic mass is 32.2. The minimum Gasteiger partial charge on any atom is -0.463 e. The van der Waals surface area contributed by atoms with Gasteiger partial charge < -0.3 is 24.6 Å². The fraction of sp³-hybridized carbons (Fsp3) is 0.514. The van der Waals surface area contributed by atoms with Crippen molar-refractivity contribution in [2.24, 2.45) is 0 Å². The molecular weight excluding hydrogens is 600 g/mol. The maximum Gasteiger partial charge on any atom is 0.243 e. The van der Waals surface area contributed by atoms with Gasteiger partial charge in [0, 0.05) is 58.3 Å². The van der Waals surface area contributed by atoms with Gasteiger partial charge in [-0.3, -0.25) is 0 Å². The van der Waals surface area contributed by atoms with E-state index in [9.17, 15) is 13.5 Å². The number of ether oxygens (including phenoxy) is 3. The molecule has 1 heterocycles. The predicted octanol–water partition coefficient (Wildman–Crippen LogP) is 6.86. The first-order valence-corrected chi connectivity index (χ1v) is 18.1. The molecular formula is C37H52N2O6S. The largest absolute Gasteiger partial charge is 0.463 e. The van der Waals surface area contributed by atoms with E-state index in [0.717, 1.165) is 92.7 Å². The normalized spacial score (nSPS) is 15.0.